The predicted octanol–water partition coefficient (Wildman–Crippen LogP) is 3.37. The van der Waals surface area contributed by atoms with Gasteiger partial charge in [0.05, 0.1) is 11.9 Å². The molecular formula is C25H33N3O3. The van der Waals surface area contributed by atoms with Crippen molar-refractivity contribution in [2.75, 3.05) is 32.8 Å². The lowest BCUT2D eigenvalue weighted by Crippen LogP contribution is -2.46. The highest BCUT2D eigenvalue weighted by Crippen LogP contribution is 2.33. The molecule has 2 aromatic rings. The first-order valence-corrected chi connectivity index (χ1v) is 11.2. The van der Waals surface area contributed by atoms with Crippen molar-refractivity contribution < 1.29 is 14.6 Å². The number of aliphatic hydroxyl groups is 1. The maximum Gasteiger partial charge on any atom is 0.161 e. The van der Waals surface area contributed by atoms with Crippen LogP contribution in [-0.2, 0) is 0 Å². The van der Waals surface area contributed by atoms with Gasteiger partial charge in [-0.2, -0.15) is 0 Å². The Morgan fingerprint density at radius 1 is 1.00 bits per heavy atom. The maximum absolute atomic E-state index is 11.3. The molecule has 2 aliphatic rings. The van der Waals surface area contributed by atoms with Crippen LogP contribution < -0.4 is 20.1 Å². The van der Waals surface area contributed by atoms with Crippen LogP contribution in [0.2, 0.25) is 0 Å². The largest absolute Gasteiger partial charge is 0.486 e. The minimum atomic E-state index is -0.706. The van der Waals surface area contributed by atoms with E-state index in [4.69, 9.17) is 9.47 Å². The summed E-state index contributed by atoms with van der Waals surface area (Å²) >= 11 is 0. The Labute approximate surface area is 184 Å². The van der Waals surface area contributed by atoms with Crippen molar-refractivity contribution in [3.8, 4) is 11.5 Å². The van der Waals surface area contributed by atoms with Crippen molar-refractivity contribution in [1.29, 1.82) is 0 Å². The van der Waals surface area contributed by atoms with Crippen molar-refractivity contribution >= 4 is 0 Å². The summed E-state index contributed by atoms with van der Waals surface area (Å²) in [5, 5.41) is 18.2. The molecule has 0 spiro atoms. The summed E-state index contributed by atoms with van der Waals surface area (Å²) in [6.45, 7) is 10.2. The van der Waals surface area contributed by atoms with Crippen molar-refractivity contribution in [2.24, 2.45) is 0 Å². The van der Waals surface area contributed by atoms with Gasteiger partial charge in [-0.25, -0.2) is 0 Å². The average molecular weight is 424 g/mol. The van der Waals surface area contributed by atoms with Gasteiger partial charge in [-0.3, -0.25) is 0 Å². The lowest BCUT2D eigenvalue weighted by atomic mass is 10.0. The maximum atomic E-state index is 11.3. The summed E-state index contributed by atoms with van der Waals surface area (Å²) in [5.74, 6) is 2.13. The summed E-state index contributed by atoms with van der Waals surface area (Å²) < 4.78 is 11.3. The van der Waals surface area contributed by atoms with Crippen LogP contribution in [-0.4, -0.2) is 48.9 Å². The summed E-state index contributed by atoms with van der Waals surface area (Å²) in [6.07, 6.45) is 1.70. The number of rotatable bonds is 9. The molecule has 166 valence electrons. The van der Waals surface area contributed by atoms with Gasteiger partial charge in [0.15, 0.2) is 11.5 Å². The average Bonchev–Trinajstić information content (AvgIpc) is 3.31. The number of benzene rings is 2. The zero-order chi connectivity index (χ0) is 21.6. The van der Waals surface area contributed by atoms with Gasteiger partial charge in [0.25, 0.3) is 0 Å². The van der Waals surface area contributed by atoms with Crippen LogP contribution in [0.25, 0.3) is 0 Å². The molecule has 0 saturated carbocycles. The molecule has 1 saturated heterocycles. The Morgan fingerprint density at radius 2 is 1.71 bits per heavy atom. The fourth-order valence-corrected chi connectivity index (χ4v) is 4.30. The van der Waals surface area contributed by atoms with Crippen molar-refractivity contribution in [1.82, 2.24) is 15.5 Å². The Balaban J connectivity index is 1.46. The van der Waals surface area contributed by atoms with Crippen LogP contribution in [0.3, 0.4) is 0 Å². The molecule has 6 heteroatoms. The van der Waals surface area contributed by atoms with E-state index < -0.39 is 6.10 Å². The second-order valence-electron chi connectivity index (χ2n) is 8.36. The van der Waals surface area contributed by atoms with E-state index in [0.29, 0.717) is 24.8 Å². The van der Waals surface area contributed by atoms with Crippen LogP contribution >= 0.6 is 0 Å². The minimum absolute atomic E-state index is 0.111. The Kier molecular flexibility index (Phi) is 6.99. The monoisotopic (exact) mass is 423 g/mol. The number of fused-ring (bicyclic) bond motifs is 1. The Bertz CT molecular complexity index is 868. The molecule has 6 nitrogen and oxygen atoms in total. The van der Waals surface area contributed by atoms with Crippen LogP contribution in [0.15, 0.2) is 60.9 Å². The predicted molar refractivity (Wildman–Crippen MR) is 122 cm³/mol. The quantitative estimate of drug-likeness (QED) is 0.575. The molecular weight excluding hydrogens is 390 g/mol. The number of nitrogens with one attached hydrogen (secondary N) is 2. The van der Waals surface area contributed by atoms with Crippen LogP contribution in [0.1, 0.15) is 43.0 Å². The van der Waals surface area contributed by atoms with Crippen molar-refractivity contribution in [3.05, 3.63) is 72.1 Å². The SMILES string of the molecule is C=C(N[C@H](C)c1ccccc1)N[C@H](CN1CCCC1)[C@H](O)c1ccc2c(c1)OCCO2. The molecule has 2 aliphatic heterocycles. The second kappa shape index (κ2) is 10.1. The highest BCUT2D eigenvalue weighted by Gasteiger charge is 2.27. The molecule has 2 aromatic carbocycles. The van der Waals surface area contributed by atoms with Gasteiger partial charge in [0.1, 0.15) is 19.3 Å². The van der Waals surface area contributed by atoms with E-state index in [1.807, 2.05) is 36.4 Å². The fourth-order valence-electron chi connectivity index (χ4n) is 4.30. The molecule has 0 aliphatic carbocycles. The third-order valence-corrected chi connectivity index (χ3v) is 5.99. The normalized spacial score (nSPS) is 18.8. The van der Waals surface area contributed by atoms with Gasteiger partial charge in [0.2, 0.25) is 0 Å². The standard InChI is InChI=1S/C25H33N3O3/c1-18(20-8-4-3-5-9-20)26-19(2)27-22(17-28-12-6-7-13-28)25(29)21-10-11-23-24(16-21)31-15-14-30-23/h3-5,8-11,16,18,22,25-27,29H,2,6-7,12-15,17H2,1H3/t18-,22-,25-/m1/s1. The van der Waals surface area contributed by atoms with Gasteiger partial charge in [-0.1, -0.05) is 43.0 Å². The van der Waals surface area contributed by atoms with Gasteiger partial charge in [-0.15, -0.1) is 0 Å². The highest BCUT2D eigenvalue weighted by atomic mass is 16.6. The van der Waals surface area contributed by atoms with E-state index in [0.717, 1.165) is 30.9 Å². The number of nitrogens with zero attached hydrogens (tertiary/aromatic N) is 1. The van der Waals surface area contributed by atoms with Gasteiger partial charge in [-0.05, 0) is 56.1 Å². The van der Waals surface area contributed by atoms with Crippen LogP contribution in [0.4, 0.5) is 0 Å². The fraction of sp³-hybridized carbons (Fsp3) is 0.440. The first-order chi connectivity index (χ1) is 15.1. The molecule has 3 N–H and O–H groups in total. The van der Waals surface area contributed by atoms with Gasteiger partial charge < -0.3 is 30.1 Å². The molecule has 0 aromatic heterocycles. The molecule has 0 amide bonds. The third-order valence-electron chi connectivity index (χ3n) is 5.99. The molecule has 4 rings (SSSR count). The molecule has 3 atom stereocenters. The summed E-state index contributed by atoms with van der Waals surface area (Å²) in [6, 6.07) is 15.9. The molecule has 31 heavy (non-hydrogen) atoms. The molecule has 0 unspecified atom stereocenters. The summed E-state index contributed by atoms with van der Waals surface area (Å²) in [7, 11) is 0. The summed E-state index contributed by atoms with van der Waals surface area (Å²) in [4.78, 5) is 2.40. The van der Waals surface area contributed by atoms with E-state index in [9.17, 15) is 5.11 Å². The Morgan fingerprint density at radius 3 is 2.45 bits per heavy atom. The highest BCUT2D eigenvalue weighted by molar-refractivity contribution is 5.44. The topological polar surface area (TPSA) is 66.0 Å². The van der Waals surface area contributed by atoms with Gasteiger partial charge in [0, 0.05) is 12.6 Å². The number of aliphatic hydroxyl groups excluding tert-OH is 1. The summed E-state index contributed by atoms with van der Waals surface area (Å²) in [5.41, 5.74) is 2.00. The number of likely N-dealkylation sites (tertiary alicyclic amines) is 1. The smallest absolute Gasteiger partial charge is 0.161 e. The van der Waals surface area contributed by atoms with Crippen LogP contribution in [0, 0.1) is 0 Å². The Hall–Kier alpha value is -2.70. The number of hydrogen-bond acceptors (Lipinski definition) is 6. The van der Waals surface area contributed by atoms with E-state index >= 15 is 0 Å². The van der Waals surface area contributed by atoms with Crippen molar-refractivity contribution in [2.45, 2.75) is 38.0 Å². The molecule has 0 radical (unpaired) electrons. The van der Waals surface area contributed by atoms with E-state index in [2.05, 4.69) is 41.2 Å². The number of hydrogen-bond donors (Lipinski definition) is 3. The third kappa shape index (κ3) is 5.51. The van der Waals surface area contributed by atoms with Gasteiger partial charge >= 0.3 is 0 Å². The van der Waals surface area contributed by atoms with Crippen LogP contribution in [0.5, 0.6) is 11.5 Å². The van der Waals surface area contributed by atoms with E-state index in [1.165, 1.54) is 18.4 Å². The molecule has 0 bridgehead atoms. The zero-order valence-corrected chi connectivity index (χ0v) is 18.2. The molecule has 1 fully saturated rings. The van der Waals surface area contributed by atoms with Crippen molar-refractivity contribution in [3.63, 3.8) is 0 Å². The zero-order valence-electron chi connectivity index (χ0n) is 18.2. The lowest BCUT2D eigenvalue weighted by molar-refractivity contribution is 0.109. The number of ether oxygens (including phenoxy) is 2. The minimum Gasteiger partial charge on any atom is -0.486 e. The second-order valence-corrected chi connectivity index (χ2v) is 8.36. The molecule has 2 heterocycles. The van der Waals surface area contributed by atoms with E-state index in [-0.39, 0.29) is 12.1 Å². The van der Waals surface area contributed by atoms with E-state index in [1.54, 1.807) is 0 Å². The first-order valence-electron chi connectivity index (χ1n) is 11.2. The first kappa shape index (κ1) is 21.5. The lowest BCUT2D eigenvalue weighted by Gasteiger charge is -2.31.